The minimum atomic E-state index is -0.291. The van der Waals surface area contributed by atoms with E-state index >= 15 is 0 Å². The Morgan fingerprint density at radius 3 is 2.68 bits per heavy atom. The van der Waals surface area contributed by atoms with Gasteiger partial charge in [0.05, 0.1) is 25.2 Å². The van der Waals surface area contributed by atoms with Crippen molar-refractivity contribution >= 4 is 17.4 Å². The zero-order valence-electron chi connectivity index (χ0n) is 13.6. The van der Waals surface area contributed by atoms with Crippen LogP contribution >= 0.6 is 0 Å². The van der Waals surface area contributed by atoms with E-state index in [1.54, 1.807) is 19.5 Å². The maximum absolute atomic E-state index is 12.1. The van der Waals surface area contributed by atoms with E-state index in [1.165, 1.54) is 12.4 Å². The van der Waals surface area contributed by atoms with Crippen molar-refractivity contribution in [1.82, 2.24) is 20.3 Å². The maximum atomic E-state index is 12.1. The number of para-hydroxylation sites is 2. The normalized spacial score (nSPS) is 10.1. The summed E-state index contributed by atoms with van der Waals surface area (Å²) in [5, 5.41) is 5.89. The van der Waals surface area contributed by atoms with E-state index in [0.29, 0.717) is 18.1 Å². The highest BCUT2D eigenvalue weighted by molar-refractivity contribution is 5.92. The summed E-state index contributed by atoms with van der Waals surface area (Å²) in [6.07, 6.45) is 6.32. The Balaban J connectivity index is 1.62. The fourth-order valence-corrected chi connectivity index (χ4v) is 2.17. The quantitative estimate of drug-likeness (QED) is 0.720. The molecule has 0 radical (unpaired) electrons. The lowest BCUT2D eigenvalue weighted by molar-refractivity contribution is 0.0945. The molecule has 0 aliphatic heterocycles. The van der Waals surface area contributed by atoms with Crippen LogP contribution in [0.15, 0.2) is 61.2 Å². The van der Waals surface area contributed by atoms with Crippen LogP contribution in [0.4, 0.5) is 11.5 Å². The largest absolute Gasteiger partial charge is 0.495 e. The average Bonchev–Trinajstić information content (AvgIpc) is 2.68. The molecule has 25 heavy (non-hydrogen) atoms. The standard InChI is InChI=1S/C18H17N5O2/c1-25-16-7-3-2-6-14(16)23-17-12-20-15(11-21-17)18(24)22-10-13-5-4-8-19-9-13/h2-9,11-12H,10H2,1H3,(H,21,23)(H,22,24). The Kier molecular flexibility index (Phi) is 5.16. The highest BCUT2D eigenvalue weighted by atomic mass is 16.5. The zero-order valence-corrected chi connectivity index (χ0v) is 13.6. The van der Waals surface area contributed by atoms with Crippen molar-refractivity contribution in [2.45, 2.75) is 6.54 Å². The number of aromatic nitrogens is 3. The first-order chi connectivity index (χ1) is 12.3. The fraction of sp³-hybridized carbons (Fsp3) is 0.111. The topological polar surface area (TPSA) is 89.0 Å². The number of benzene rings is 1. The smallest absolute Gasteiger partial charge is 0.271 e. The Bertz CT molecular complexity index is 838. The predicted molar refractivity (Wildman–Crippen MR) is 93.7 cm³/mol. The molecule has 1 amide bonds. The Hall–Kier alpha value is -3.48. The van der Waals surface area contributed by atoms with E-state index in [9.17, 15) is 4.79 Å². The number of nitrogens with zero attached hydrogens (tertiary/aromatic N) is 3. The summed E-state index contributed by atoms with van der Waals surface area (Å²) in [7, 11) is 1.60. The summed E-state index contributed by atoms with van der Waals surface area (Å²) in [6, 6.07) is 11.2. The number of pyridine rings is 1. The first kappa shape index (κ1) is 16.4. The van der Waals surface area contributed by atoms with Gasteiger partial charge in [0.15, 0.2) is 0 Å². The summed E-state index contributed by atoms with van der Waals surface area (Å²) >= 11 is 0. The molecule has 1 aromatic carbocycles. The Morgan fingerprint density at radius 1 is 1.08 bits per heavy atom. The SMILES string of the molecule is COc1ccccc1Nc1cnc(C(=O)NCc2cccnc2)cn1. The molecule has 0 bridgehead atoms. The maximum Gasteiger partial charge on any atom is 0.271 e. The monoisotopic (exact) mass is 335 g/mol. The number of ether oxygens (including phenoxy) is 1. The molecule has 0 spiro atoms. The van der Waals surface area contributed by atoms with Crippen molar-refractivity contribution in [2.24, 2.45) is 0 Å². The van der Waals surface area contributed by atoms with Gasteiger partial charge in [-0.25, -0.2) is 9.97 Å². The highest BCUT2D eigenvalue weighted by Gasteiger charge is 2.09. The molecule has 0 saturated heterocycles. The average molecular weight is 335 g/mol. The van der Waals surface area contributed by atoms with E-state index in [1.807, 2.05) is 36.4 Å². The van der Waals surface area contributed by atoms with Crippen LogP contribution in [0.25, 0.3) is 0 Å². The van der Waals surface area contributed by atoms with Gasteiger partial charge in [-0.2, -0.15) is 0 Å². The lowest BCUT2D eigenvalue weighted by Crippen LogP contribution is -2.24. The minimum absolute atomic E-state index is 0.245. The van der Waals surface area contributed by atoms with Crippen molar-refractivity contribution in [3.8, 4) is 5.75 Å². The molecule has 2 N–H and O–H groups in total. The van der Waals surface area contributed by atoms with Crippen LogP contribution in [-0.4, -0.2) is 28.0 Å². The third-order valence-electron chi connectivity index (χ3n) is 3.43. The van der Waals surface area contributed by atoms with Gasteiger partial charge in [-0.05, 0) is 23.8 Å². The van der Waals surface area contributed by atoms with Crippen LogP contribution in [0, 0.1) is 0 Å². The molecule has 0 aliphatic rings. The molecule has 0 aliphatic carbocycles. The van der Waals surface area contributed by atoms with Gasteiger partial charge in [0.25, 0.3) is 5.91 Å². The second kappa shape index (κ2) is 7.87. The number of rotatable bonds is 6. The van der Waals surface area contributed by atoms with E-state index in [4.69, 9.17) is 4.74 Å². The Morgan fingerprint density at radius 2 is 1.96 bits per heavy atom. The van der Waals surface area contributed by atoms with E-state index in [2.05, 4.69) is 25.6 Å². The summed E-state index contributed by atoms with van der Waals surface area (Å²) in [4.78, 5) is 24.5. The van der Waals surface area contributed by atoms with Gasteiger partial charge in [0, 0.05) is 18.9 Å². The van der Waals surface area contributed by atoms with Gasteiger partial charge < -0.3 is 15.4 Å². The molecule has 126 valence electrons. The summed E-state index contributed by atoms with van der Waals surface area (Å²) in [5.41, 5.74) is 1.93. The highest BCUT2D eigenvalue weighted by Crippen LogP contribution is 2.25. The second-order valence-corrected chi connectivity index (χ2v) is 5.16. The van der Waals surface area contributed by atoms with Crippen molar-refractivity contribution in [2.75, 3.05) is 12.4 Å². The van der Waals surface area contributed by atoms with E-state index in [0.717, 1.165) is 11.3 Å². The summed E-state index contributed by atoms with van der Waals surface area (Å²) in [6.45, 7) is 0.384. The molecule has 7 heteroatoms. The number of hydrogen-bond acceptors (Lipinski definition) is 6. The number of carbonyl (C=O) groups is 1. The number of anilines is 2. The zero-order chi connectivity index (χ0) is 17.5. The first-order valence-corrected chi connectivity index (χ1v) is 7.65. The second-order valence-electron chi connectivity index (χ2n) is 5.16. The van der Waals surface area contributed by atoms with Crippen LogP contribution in [0.5, 0.6) is 5.75 Å². The summed E-state index contributed by atoms with van der Waals surface area (Å²) < 4.78 is 5.27. The van der Waals surface area contributed by atoms with Crippen molar-refractivity contribution in [3.63, 3.8) is 0 Å². The summed E-state index contributed by atoms with van der Waals surface area (Å²) in [5.74, 6) is 0.927. The predicted octanol–water partition coefficient (Wildman–Crippen LogP) is 2.55. The van der Waals surface area contributed by atoms with E-state index < -0.39 is 0 Å². The van der Waals surface area contributed by atoms with Gasteiger partial charge in [-0.15, -0.1) is 0 Å². The number of nitrogens with one attached hydrogen (secondary N) is 2. The van der Waals surface area contributed by atoms with Crippen LogP contribution in [0.1, 0.15) is 16.1 Å². The number of hydrogen-bond donors (Lipinski definition) is 2. The third kappa shape index (κ3) is 4.29. The lowest BCUT2D eigenvalue weighted by atomic mass is 10.3. The van der Waals surface area contributed by atoms with Gasteiger partial charge in [0.1, 0.15) is 17.3 Å². The Labute approximate surface area is 145 Å². The molecular formula is C18H17N5O2. The van der Waals surface area contributed by atoms with Gasteiger partial charge >= 0.3 is 0 Å². The lowest BCUT2D eigenvalue weighted by Gasteiger charge is -2.10. The van der Waals surface area contributed by atoms with E-state index in [-0.39, 0.29) is 11.6 Å². The van der Waals surface area contributed by atoms with Crippen LogP contribution in [-0.2, 0) is 6.54 Å². The van der Waals surface area contributed by atoms with Gasteiger partial charge in [0.2, 0.25) is 0 Å². The molecule has 0 atom stereocenters. The molecule has 3 aromatic rings. The molecular weight excluding hydrogens is 318 g/mol. The van der Waals surface area contributed by atoms with Crippen LogP contribution in [0.2, 0.25) is 0 Å². The molecule has 0 saturated carbocycles. The number of carbonyl (C=O) groups excluding carboxylic acids is 1. The molecule has 2 heterocycles. The molecule has 3 rings (SSSR count). The molecule has 0 fully saturated rings. The van der Waals surface area contributed by atoms with Crippen LogP contribution < -0.4 is 15.4 Å². The van der Waals surface area contributed by atoms with Gasteiger partial charge in [-0.3, -0.25) is 9.78 Å². The fourth-order valence-electron chi connectivity index (χ4n) is 2.17. The number of amides is 1. The van der Waals surface area contributed by atoms with Crippen molar-refractivity contribution < 1.29 is 9.53 Å². The first-order valence-electron chi connectivity index (χ1n) is 7.65. The number of methoxy groups -OCH3 is 1. The van der Waals surface area contributed by atoms with Crippen LogP contribution in [0.3, 0.4) is 0 Å². The van der Waals surface area contributed by atoms with Crippen molar-refractivity contribution in [3.05, 3.63) is 72.4 Å². The van der Waals surface area contributed by atoms with Gasteiger partial charge in [-0.1, -0.05) is 18.2 Å². The van der Waals surface area contributed by atoms with Crippen molar-refractivity contribution in [1.29, 1.82) is 0 Å². The molecule has 7 nitrogen and oxygen atoms in total. The molecule has 0 unspecified atom stereocenters. The minimum Gasteiger partial charge on any atom is -0.495 e. The third-order valence-corrected chi connectivity index (χ3v) is 3.43. The molecule has 2 aromatic heterocycles.